The third-order valence-electron chi connectivity index (χ3n) is 5.96. The number of hydrogen-bond acceptors (Lipinski definition) is 6. The van der Waals surface area contributed by atoms with Crippen molar-refractivity contribution in [3.8, 4) is 23.0 Å². The number of fused-ring (bicyclic) bond motifs is 2. The van der Waals surface area contributed by atoms with Gasteiger partial charge in [-0.05, 0) is 54.6 Å². The number of amides is 1. The Balaban J connectivity index is 1.63. The largest absolute Gasteiger partial charge is 0.493 e. The van der Waals surface area contributed by atoms with Crippen molar-refractivity contribution in [1.29, 1.82) is 0 Å². The summed E-state index contributed by atoms with van der Waals surface area (Å²) in [6.07, 6.45) is 3.56. The van der Waals surface area contributed by atoms with Crippen molar-refractivity contribution in [3.63, 3.8) is 0 Å². The molecule has 1 fully saturated rings. The van der Waals surface area contributed by atoms with Crippen LogP contribution in [0.3, 0.4) is 0 Å². The maximum atomic E-state index is 13.0. The predicted octanol–water partition coefficient (Wildman–Crippen LogP) is 4.42. The van der Waals surface area contributed by atoms with E-state index < -0.39 is 0 Å². The van der Waals surface area contributed by atoms with E-state index in [1.165, 1.54) is 0 Å². The predicted molar refractivity (Wildman–Crippen MR) is 127 cm³/mol. The van der Waals surface area contributed by atoms with Crippen LogP contribution in [-0.4, -0.2) is 37.2 Å². The summed E-state index contributed by atoms with van der Waals surface area (Å²) >= 11 is 0. The average molecular weight is 444 g/mol. The van der Waals surface area contributed by atoms with Crippen LogP contribution in [0.1, 0.15) is 23.2 Å². The van der Waals surface area contributed by atoms with Gasteiger partial charge in [0.1, 0.15) is 18.1 Å². The molecule has 0 unspecified atom stereocenters. The van der Waals surface area contributed by atoms with Crippen molar-refractivity contribution in [3.05, 3.63) is 66.4 Å². The molecule has 4 aromatic rings. The van der Waals surface area contributed by atoms with E-state index >= 15 is 0 Å². The first-order chi connectivity index (χ1) is 16.0. The van der Waals surface area contributed by atoms with Gasteiger partial charge in [-0.1, -0.05) is 18.2 Å². The number of rotatable bonds is 7. The van der Waals surface area contributed by atoms with Crippen LogP contribution < -0.4 is 25.3 Å². The average Bonchev–Trinajstić information content (AvgIpc) is 3.59. The highest BCUT2D eigenvalue weighted by molar-refractivity contribution is 6.10. The number of nitrogens with one attached hydrogen (secondary N) is 1. The Bertz CT molecular complexity index is 1360. The van der Waals surface area contributed by atoms with Gasteiger partial charge in [0.25, 0.3) is 5.91 Å². The van der Waals surface area contributed by atoms with Crippen molar-refractivity contribution < 1.29 is 19.0 Å². The lowest BCUT2D eigenvalue weighted by Crippen LogP contribution is -2.29. The van der Waals surface area contributed by atoms with Crippen molar-refractivity contribution >= 4 is 27.6 Å². The highest BCUT2D eigenvalue weighted by atomic mass is 16.5. The van der Waals surface area contributed by atoms with Gasteiger partial charge in [0.15, 0.2) is 11.5 Å². The summed E-state index contributed by atoms with van der Waals surface area (Å²) < 4.78 is 17.8. The van der Waals surface area contributed by atoms with E-state index in [4.69, 9.17) is 19.9 Å². The molecule has 1 heterocycles. The fourth-order valence-corrected chi connectivity index (χ4v) is 3.83. The van der Waals surface area contributed by atoms with Crippen LogP contribution in [0.5, 0.6) is 23.0 Å². The molecule has 33 heavy (non-hydrogen) atoms. The van der Waals surface area contributed by atoms with E-state index in [1.54, 1.807) is 32.5 Å². The lowest BCUT2D eigenvalue weighted by atomic mass is 10.0. The lowest BCUT2D eigenvalue weighted by molar-refractivity contribution is 0.0962. The number of ether oxygens (including phenoxy) is 3. The molecule has 1 amide bonds. The van der Waals surface area contributed by atoms with Crippen LogP contribution >= 0.6 is 0 Å². The quantitative estimate of drug-likeness (QED) is 0.439. The van der Waals surface area contributed by atoms with Gasteiger partial charge >= 0.3 is 0 Å². The van der Waals surface area contributed by atoms with Gasteiger partial charge in [0.05, 0.1) is 23.7 Å². The number of carbonyl (C=O) groups excluding carboxylic acids is 1. The minimum Gasteiger partial charge on any atom is -0.493 e. The Kier molecular flexibility index (Phi) is 5.26. The molecule has 0 spiro atoms. The standard InChI is InChI=1S/C26H25N3O4/c1-28-25(30)24-18-14-23(32-15-26(27)10-11-26)22(31-2)13-16(18)7-8-21(24)33-20-9-12-29-19-6-4-3-5-17(19)20/h3-9,12-14H,10-11,15,27H2,1-2H3,(H,28,30). The second kappa shape index (κ2) is 8.26. The zero-order chi connectivity index (χ0) is 23.0. The molecule has 1 aliphatic rings. The van der Waals surface area contributed by atoms with Crippen LogP contribution in [0, 0.1) is 0 Å². The fraction of sp³-hybridized carbons (Fsp3) is 0.231. The van der Waals surface area contributed by atoms with E-state index in [2.05, 4.69) is 10.3 Å². The molecule has 0 bridgehead atoms. The van der Waals surface area contributed by atoms with E-state index in [0.29, 0.717) is 40.6 Å². The number of methoxy groups -OCH3 is 1. The summed E-state index contributed by atoms with van der Waals surface area (Å²) in [5.41, 5.74) is 7.15. The van der Waals surface area contributed by atoms with Gasteiger partial charge in [0, 0.05) is 24.0 Å². The Morgan fingerprint density at radius 1 is 1.03 bits per heavy atom. The molecule has 0 aliphatic heterocycles. The van der Waals surface area contributed by atoms with Gasteiger partial charge in [-0.2, -0.15) is 0 Å². The summed E-state index contributed by atoms with van der Waals surface area (Å²) in [6.45, 7) is 0.392. The van der Waals surface area contributed by atoms with Gasteiger partial charge in [-0.3, -0.25) is 9.78 Å². The number of aromatic nitrogens is 1. The molecular formula is C26H25N3O4. The molecule has 1 aliphatic carbocycles. The molecule has 3 aromatic carbocycles. The minimum absolute atomic E-state index is 0.262. The highest BCUT2D eigenvalue weighted by Gasteiger charge is 2.39. The van der Waals surface area contributed by atoms with E-state index in [9.17, 15) is 4.79 Å². The molecule has 168 valence electrons. The van der Waals surface area contributed by atoms with Crippen molar-refractivity contribution in [2.24, 2.45) is 5.73 Å². The maximum absolute atomic E-state index is 13.0. The van der Waals surface area contributed by atoms with Gasteiger partial charge in [-0.15, -0.1) is 0 Å². The smallest absolute Gasteiger partial charge is 0.255 e. The van der Waals surface area contributed by atoms with Crippen LogP contribution in [0.15, 0.2) is 60.8 Å². The summed E-state index contributed by atoms with van der Waals surface area (Å²) in [7, 11) is 3.19. The lowest BCUT2D eigenvalue weighted by Gasteiger charge is -2.18. The first-order valence-corrected chi connectivity index (χ1v) is 10.8. The van der Waals surface area contributed by atoms with Gasteiger partial charge in [-0.25, -0.2) is 0 Å². The van der Waals surface area contributed by atoms with Crippen LogP contribution in [0.4, 0.5) is 0 Å². The van der Waals surface area contributed by atoms with Crippen molar-refractivity contribution in [1.82, 2.24) is 10.3 Å². The molecule has 0 radical (unpaired) electrons. The highest BCUT2D eigenvalue weighted by Crippen LogP contribution is 2.40. The molecule has 1 saturated carbocycles. The van der Waals surface area contributed by atoms with Crippen molar-refractivity contribution in [2.75, 3.05) is 20.8 Å². The number of para-hydroxylation sites is 1. The molecule has 7 heteroatoms. The molecule has 0 saturated heterocycles. The first-order valence-electron chi connectivity index (χ1n) is 10.8. The Hall–Kier alpha value is -3.84. The minimum atomic E-state index is -0.281. The molecule has 1 aromatic heterocycles. The van der Waals surface area contributed by atoms with E-state index in [0.717, 1.165) is 29.1 Å². The normalized spacial score (nSPS) is 14.2. The summed E-state index contributed by atoms with van der Waals surface area (Å²) in [5, 5.41) is 5.12. The zero-order valence-corrected chi connectivity index (χ0v) is 18.6. The number of nitrogens with two attached hydrogens (primary N) is 1. The topological polar surface area (TPSA) is 95.7 Å². The Morgan fingerprint density at radius 3 is 2.61 bits per heavy atom. The number of pyridine rings is 1. The SMILES string of the molecule is CNC(=O)c1c(Oc2ccnc3ccccc23)ccc2cc(OC)c(OCC3(N)CC3)cc12. The van der Waals surface area contributed by atoms with Crippen LogP contribution in [0.2, 0.25) is 0 Å². The second-order valence-electron chi connectivity index (χ2n) is 8.32. The number of nitrogens with zero attached hydrogens (tertiary/aromatic N) is 1. The summed E-state index contributed by atoms with van der Waals surface area (Å²) in [6, 6.07) is 16.9. The molecule has 5 rings (SSSR count). The second-order valence-corrected chi connectivity index (χ2v) is 8.32. The third-order valence-corrected chi connectivity index (χ3v) is 5.96. The molecule has 7 nitrogen and oxygen atoms in total. The Morgan fingerprint density at radius 2 is 1.85 bits per heavy atom. The molecular weight excluding hydrogens is 418 g/mol. The summed E-state index contributed by atoms with van der Waals surface area (Å²) in [4.78, 5) is 17.4. The van der Waals surface area contributed by atoms with Crippen molar-refractivity contribution in [2.45, 2.75) is 18.4 Å². The van der Waals surface area contributed by atoms with E-state index in [1.807, 2.05) is 42.5 Å². The summed E-state index contributed by atoms with van der Waals surface area (Å²) in [5.74, 6) is 1.92. The molecule has 3 N–H and O–H groups in total. The van der Waals surface area contributed by atoms with Gasteiger partial charge < -0.3 is 25.3 Å². The van der Waals surface area contributed by atoms with E-state index in [-0.39, 0.29) is 11.4 Å². The number of hydrogen-bond donors (Lipinski definition) is 2. The molecule has 0 atom stereocenters. The third kappa shape index (κ3) is 4.03. The zero-order valence-electron chi connectivity index (χ0n) is 18.6. The number of benzene rings is 3. The van der Waals surface area contributed by atoms with Crippen LogP contribution in [-0.2, 0) is 0 Å². The Labute approximate surface area is 191 Å². The number of carbonyl (C=O) groups is 1. The van der Waals surface area contributed by atoms with Crippen LogP contribution in [0.25, 0.3) is 21.7 Å². The first kappa shape index (κ1) is 21.0. The maximum Gasteiger partial charge on any atom is 0.255 e. The fourth-order valence-electron chi connectivity index (χ4n) is 3.83. The monoisotopic (exact) mass is 443 g/mol. The van der Waals surface area contributed by atoms with Gasteiger partial charge in [0.2, 0.25) is 0 Å².